The molecular weight excluding hydrogens is 306 g/mol. The van der Waals surface area contributed by atoms with E-state index in [4.69, 9.17) is 5.73 Å². The molecule has 0 aliphatic carbocycles. The van der Waals surface area contributed by atoms with E-state index in [2.05, 4.69) is 4.98 Å². The molecule has 0 saturated heterocycles. The van der Waals surface area contributed by atoms with Crippen molar-refractivity contribution in [1.82, 2.24) is 4.98 Å². The highest BCUT2D eigenvalue weighted by Crippen LogP contribution is 2.35. The summed E-state index contributed by atoms with van der Waals surface area (Å²) in [6.45, 7) is 0. The Morgan fingerprint density at radius 1 is 1.10 bits per heavy atom. The molecule has 0 aliphatic rings. The Balaban J connectivity index is 2.39. The van der Waals surface area contributed by atoms with Crippen LogP contribution in [0, 0.1) is 17.5 Å². The lowest BCUT2D eigenvalue weighted by Gasteiger charge is -2.11. The summed E-state index contributed by atoms with van der Waals surface area (Å²) in [5.74, 6) is -4.66. The second-order valence-corrected chi connectivity index (χ2v) is 4.87. The van der Waals surface area contributed by atoms with Crippen LogP contribution in [0.3, 0.4) is 0 Å². The monoisotopic (exact) mass is 312 g/mol. The first-order chi connectivity index (χ1) is 9.21. The van der Waals surface area contributed by atoms with Crippen molar-refractivity contribution in [3.05, 3.63) is 51.2 Å². The van der Waals surface area contributed by atoms with Gasteiger partial charge in [0.05, 0.1) is 6.04 Å². The van der Waals surface area contributed by atoms with Gasteiger partial charge in [-0.05, 0) is 6.07 Å². The molecule has 2 aromatic rings. The molecule has 1 heterocycles. The average Bonchev–Trinajstić information content (AvgIpc) is 2.85. The number of thiazole rings is 1. The maximum atomic E-state index is 13.5. The van der Waals surface area contributed by atoms with Crippen LogP contribution in [0.25, 0.3) is 0 Å². The lowest BCUT2D eigenvalue weighted by Crippen LogP contribution is -2.13. The Labute approximate surface area is 112 Å². The third kappa shape index (κ3) is 2.63. The topological polar surface area (TPSA) is 38.9 Å². The molecule has 1 unspecified atom stereocenters. The van der Waals surface area contributed by atoms with Crippen molar-refractivity contribution in [2.75, 3.05) is 0 Å². The quantitative estimate of drug-likeness (QED) is 0.679. The van der Waals surface area contributed by atoms with Gasteiger partial charge >= 0.3 is 6.18 Å². The fraction of sp³-hybridized carbons (Fsp3) is 0.182. The summed E-state index contributed by atoms with van der Waals surface area (Å²) in [4.78, 5) is 3.02. The number of alkyl halides is 3. The fourth-order valence-corrected chi connectivity index (χ4v) is 2.30. The SMILES string of the molecule is NC(c1cnc(C(F)(F)F)s1)c1ccc(F)c(F)c1F. The molecular formula is C11H6F6N2S. The summed E-state index contributed by atoms with van der Waals surface area (Å²) >= 11 is 0.218. The van der Waals surface area contributed by atoms with Crippen LogP contribution < -0.4 is 5.73 Å². The van der Waals surface area contributed by atoms with Crippen molar-refractivity contribution in [2.45, 2.75) is 12.2 Å². The summed E-state index contributed by atoms with van der Waals surface area (Å²) in [5, 5.41) is -1.15. The largest absolute Gasteiger partial charge is 0.443 e. The highest BCUT2D eigenvalue weighted by molar-refractivity contribution is 7.11. The average molecular weight is 312 g/mol. The van der Waals surface area contributed by atoms with E-state index in [9.17, 15) is 26.3 Å². The van der Waals surface area contributed by atoms with Crippen LogP contribution >= 0.6 is 11.3 Å². The zero-order valence-electron chi connectivity index (χ0n) is 9.51. The molecule has 0 spiro atoms. The molecule has 2 N–H and O–H groups in total. The summed E-state index contributed by atoms with van der Waals surface area (Å²) in [7, 11) is 0. The van der Waals surface area contributed by atoms with Gasteiger partial charge in [0.15, 0.2) is 22.5 Å². The van der Waals surface area contributed by atoms with Gasteiger partial charge in [0.25, 0.3) is 0 Å². The van der Waals surface area contributed by atoms with Crippen molar-refractivity contribution < 1.29 is 26.3 Å². The van der Waals surface area contributed by atoms with Gasteiger partial charge in [-0.3, -0.25) is 0 Å². The third-order valence-corrected chi connectivity index (χ3v) is 3.60. The van der Waals surface area contributed by atoms with E-state index in [1.807, 2.05) is 0 Å². The Hall–Kier alpha value is -1.61. The molecule has 0 amide bonds. The van der Waals surface area contributed by atoms with E-state index in [-0.39, 0.29) is 16.2 Å². The maximum absolute atomic E-state index is 13.5. The Morgan fingerprint density at radius 2 is 1.75 bits per heavy atom. The van der Waals surface area contributed by atoms with Gasteiger partial charge in [-0.2, -0.15) is 13.2 Å². The number of hydrogen-bond acceptors (Lipinski definition) is 3. The summed E-state index contributed by atoms with van der Waals surface area (Å²) in [6.07, 6.45) is -3.81. The standard InChI is InChI=1S/C11H6F6N2S/c12-5-2-1-4(7(13)8(5)14)9(18)6-3-19-10(20-6)11(15,16)17/h1-3,9H,18H2. The summed E-state index contributed by atoms with van der Waals surface area (Å²) < 4.78 is 76.5. The van der Waals surface area contributed by atoms with Crippen molar-refractivity contribution in [3.63, 3.8) is 0 Å². The molecule has 0 aliphatic heterocycles. The minimum atomic E-state index is -4.64. The Morgan fingerprint density at radius 3 is 2.30 bits per heavy atom. The predicted molar refractivity (Wildman–Crippen MR) is 59.5 cm³/mol. The van der Waals surface area contributed by atoms with Crippen LogP contribution in [-0.4, -0.2) is 4.98 Å². The van der Waals surface area contributed by atoms with Gasteiger partial charge in [-0.15, -0.1) is 11.3 Å². The van der Waals surface area contributed by atoms with E-state index in [1.165, 1.54) is 0 Å². The molecule has 1 aromatic heterocycles. The van der Waals surface area contributed by atoms with Gasteiger partial charge < -0.3 is 5.73 Å². The first-order valence-electron chi connectivity index (χ1n) is 5.13. The molecule has 0 bridgehead atoms. The highest BCUT2D eigenvalue weighted by Gasteiger charge is 2.35. The van der Waals surface area contributed by atoms with E-state index < -0.39 is 40.2 Å². The zero-order valence-corrected chi connectivity index (χ0v) is 10.3. The smallest absolute Gasteiger partial charge is 0.319 e. The molecule has 0 radical (unpaired) electrons. The molecule has 2 rings (SSSR count). The number of halogens is 6. The number of hydrogen-bond donors (Lipinski definition) is 1. The van der Waals surface area contributed by atoms with Crippen molar-refractivity contribution in [2.24, 2.45) is 5.73 Å². The minimum Gasteiger partial charge on any atom is -0.319 e. The second kappa shape index (κ2) is 5.06. The van der Waals surface area contributed by atoms with Gasteiger partial charge in [0, 0.05) is 16.6 Å². The number of nitrogens with zero attached hydrogens (tertiary/aromatic N) is 1. The minimum absolute atomic E-state index is 0.109. The molecule has 0 saturated carbocycles. The van der Waals surface area contributed by atoms with Crippen molar-refractivity contribution in [3.8, 4) is 0 Å². The molecule has 9 heteroatoms. The normalized spacial score (nSPS) is 13.6. The summed E-state index contributed by atoms with van der Waals surface area (Å²) in [5.41, 5.74) is 5.12. The van der Waals surface area contributed by atoms with Crippen molar-refractivity contribution >= 4 is 11.3 Å². The van der Waals surface area contributed by atoms with Gasteiger partial charge in [-0.25, -0.2) is 18.2 Å². The number of rotatable bonds is 2. The number of nitrogens with two attached hydrogens (primary N) is 1. The van der Waals surface area contributed by atoms with Crippen LogP contribution in [0.5, 0.6) is 0 Å². The van der Waals surface area contributed by atoms with Gasteiger partial charge in [0.2, 0.25) is 0 Å². The molecule has 108 valence electrons. The Bertz CT molecular complexity index is 636. The molecule has 1 aromatic carbocycles. The van der Waals surface area contributed by atoms with Crippen LogP contribution in [0.4, 0.5) is 26.3 Å². The van der Waals surface area contributed by atoms with Gasteiger partial charge in [0.1, 0.15) is 0 Å². The van der Waals surface area contributed by atoms with E-state index >= 15 is 0 Å². The molecule has 1 atom stereocenters. The van der Waals surface area contributed by atoms with Crippen LogP contribution in [0.1, 0.15) is 21.5 Å². The van der Waals surface area contributed by atoms with Gasteiger partial charge in [-0.1, -0.05) is 6.07 Å². The highest BCUT2D eigenvalue weighted by atomic mass is 32.1. The van der Waals surface area contributed by atoms with E-state index in [0.29, 0.717) is 6.07 Å². The fourth-order valence-electron chi connectivity index (χ4n) is 1.50. The predicted octanol–water partition coefficient (Wildman–Crippen LogP) is 3.63. The second-order valence-electron chi connectivity index (χ2n) is 3.81. The van der Waals surface area contributed by atoms with Crippen LogP contribution in [0.2, 0.25) is 0 Å². The van der Waals surface area contributed by atoms with Crippen LogP contribution in [-0.2, 0) is 6.18 Å². The zero-order chi connectivity index (χ0) is 15.1. The number of benzene rings is 1. The van der Waals surface area contributed by atoms with Crippen molar-refractivity contribution in [1.29, 1.82) is 0 Å². The lowest BCUT2D eigenvalue weighted by molar-refractivity contribution is -0.137. The number of aromatic nitrogens is 1. The van der Waals surface area contributed by atoms with E-state index in [1.54, 1.807) is 0 Å². The maximum Gasteiger partial charge on any atom is 0.443 e. The van der Waals surface area contributed by atoms with E-state index in [0.717, 1.165) is 12.3 Å². The molecule has 20 heavy (non-hydrogen) atoms. The lowest BCUT2D eigenvalue weighted by atomic mass is 10.1. The van der Waals surface area contributed by atoms with Crippen LogP contribution in [0.15, 0.2) is 18.3 Å². The molecule has 2 nitrogen and oxygen atoms in total. The third-order valence-electron chi connectivity index (χ3n) is 2.47. The Kier molecular flexibility index (Phi) is 3.74. The first-order valence-corrected chi connectivity index (χ1v) is 5.95. The first kappa shape index (κ1) is 14.8. The summed E-state index contributed by atoms with van der Waals surface area (Å²) in [6, 6.07) is 0.170. The molecule has 0 fully saturated rings.